The summed E-state index contributed by atoms with van der Waals surface area (Å²) in [5, 5.41) is 19.9. The van der Waals surface area contributed by atoms with E-state index in [2.05, 4.69) is 0 Å². The molecule has 148 valence electrons. The first-order chi connectivity index (χ1) is 13.4. The van der Waals surface area contributed by atoms with Crippen molar-refractivity contribution >= 4 is 17.6 Å². The average molecular weight is 388 g/mol. The molecule has 1 aliphatic rings. The van der Waals surface area contributed by atoms with Crippen LogP contribution in [0.4, 0.5) is 5.69 Å². The van der Waals surface area contributed by atoms with Crippen molar-refractivity contribution in [3.8, 4) is 5.75 Å². The van der Waals surface area contributed by atoms with E-state index in [0.717, 1.165) is 0 Å². The van der Waals surface area contributed by atoms with E-state index >= 15 is 0 Å². The highest BCUT2D eigenvalue weighted by atomic mass is 16.6. The van der Waals surface area contributed by atoms with Crippen LogP contribution in [0.15, 0.2) is 34.7 Å². The standard InChI is InChI=1S/C19H20N2O7/c1-2-16-15(19(23)24)11-17(28-16)18(22)20-9-7-14(8-10-20)27-13-5-3-12(4-6-13)21(25)26/h3-6,11,14H,2,7-10H2,1H3,(H,23,24). The van der Waals surface area contributed by atoms with Crippen LogP contribution in [-0.2, 0) is 6.42 Å². The van der Waals surface area contributed by atoms with Crippen molar-refractivity contribution in [2.45, 2.75) is 32.3 Å². The number of hydrogen-bond acceptors (Lipinski definition) is 6. The lowest BCUT2D eigenvalue weighted by atomic mass is 10.1. The number of ether oxygens (including phenoxy) is 1. The molecule has 0 saturated carbocycles. The van der Waals surface area contributed by atoms with E-state index in [1.165, 1.54) is 18.2 Å². The number of carbonyl (C=O) groups excluding carboxylic acids is 1. The molecule has 1 saturated heterocycles. The van der Waals surface area contributed by atoms with Gasteiger partial charge in [0.15, 0.2) is 5.76 Å². The van der Waals surface area contributed by atoms with Crippen LogP contribution in [-0.4, -0.2) is 46.0 Å². The second kappa shape index (κ2) is 8.12. The van der Waals surface area contributed by atoms with E-state index in [4.69, 9.17) is 9.15 Å². The molecule has 1 N–H and O–H groups in total. The van der Waals surface area contributed by atoms with E-state index in [9.17, 15) is 24.8 Å². The van der Waals surface area contributed by atoms with Crippen LogP contribution in [0.2, 0.25) is 0 Å². The first kappa shape index (κ1) is 19.4. The Morgan fingerprint density at radius 1 is 1.29 bits per heavy atom. The summed E-state index contributed by atoms with van der Waals surface area (Å²) in [5.74, 6) is -0.595. The van der Waals surface area contributed by atoms with Gasteiger partial charge < -0.3 is 19.2 Å². The predicted molar refractivity (Wildman–Crippen MR) is 97.7 cm³/mol. The van der Waals surface area contributed by atoms with Crippen LogP contribution in [0.3, 0.4) is 0 Å². The van der Waals surface area contributed by atoms with Crippen molar-refractivity contribution in [1.29, 1.82) is 0 Å². The minimum absolute atomic E-state index is 0.00149. The van der Waals surface area contributed by atoms with Crippen LogP contribution in [0.25, 0.3) is 0 Å². The largest absolute Gasteiger partial charge is 0.490 e. The van der Waals surface area contributed by atoms with Crippen molar-refractivity contribution in [2.75, 3.05) is 13.1 Å². The van der Waals surface area contributed by atoms with Gasteiger partial charge in [0.25, 0.3) is 11.6 Å². The molecular weight excluding hydrogens is 368 g/mol. The molecule has 3 rings (SSSR count). The van der Waals surface area contributed by atoms with E-state index in [1.54, 1.807) is 24.0 Å². The van der Waals surface area contributed by atoms with Crippen molar-refractivity contribution in [3.05, 3.63) is 57.5 Å². The van der Waals surface area contributed by atoms with Crippen LogP contribution >= 0.6 is 0 Å². The van der Waals surface area contributed by atoms with Gasteiger partial charge in [-0.25, -0.2) is 4.79 Å². The fourth-order valence-corrected chi connectivity index (χ4v) is 3.15. The number of aryl methyl sites for hydroxylation is 1. The van der Waals surface area contributed by atoms with Crippen molar-refractivity contribution in [1.82, 2.24) is 4.90 Å². The van der Waals surface area contributed by atoms with Crippen LogP contribution in [0, 0.1) is 10.1 Å². The van der Waals surface area contributed by atoms with Gasteiger partial charge in [-0.05, 0) is 12.1 Å². The van der Waals surface area contributed by atoms with Crippen molar-refractivity contribution in [3.63, 3.8) is 0 Å². The van der Waals surface area contributed by atoms with E-state index in [-0.39, 0.29) is 34.8 Å². The number of carboxylic acids is 1. The van der Waals surface area contributed by atoms with Crippen LogP contribution in [0.5, 0.6) is 5.75 Å². The zero-order valence-electron chi connectivity index (χ0n) is 15.3. The van der Waals surface area contributed by atoms with Crippen molar-refractivity contribution < 1.29 is 28.8 Å². The van der Waals surface area contributed by atoms with Crippen LogP contribution < -0.4 is 4.74 Å². The Labute approximate surface area is 160 Å². The number of piperidine rings is 1. The average Bonchev–Trinajstić information content (AvgIpc) is 3.13. The highest BCUT2D eigenvalue weighted by Crippen LogP contribution is 2.24. The molecular formula is C19H20N2O7. The van der Waals surface area contributed by atoms with E-state index in [1.807, 2.05) is 0 Å². The van der Waals surface area contributed by atoms with Gasteiger partial charge in [0.05, 0.1) is 4.92 Å². The van der Waals surface area contributed by atoms with Gasteiger partial charge in [0.2, 0.25) is 0 Å². The molecule has 1 fully saturated rings. The second-order valence-electron chi connectivity index (χ2n) is 6.47. The Balaban J connectivity index is 1.58. The third-order valence-corrected chi connectivity index (χ3v) is 4.65. The zero-order valence-corrected chi connectivity index (χ0v) is 15.3. The summed E-state index contributed by atoms with van der Waals surface area (Å²) in [7, 11) is 0. The summed E-state index contributed by atoms with van der Waals surface area (Å²) in [6.07, 6.45) is 1.47. The number of rotatable bonds is 6. The van der Waals surface area contributed by atoms with Gasteiger partial charge in [0, 0.05) is 50.6 Å². The molecule has 0 bridgehead atoms. The monoisotopic (exact) mass is 388 g/mol. The number of likely N-dealkylation sites (tertiary alicyclic amines) is 1. The summed E-state index contributed by atoms with van der Waals surface area (Å²) in [4.78, 5) is 35.7. The molecule has 1 amide bonds. The van der Waals surface area contributed by atoms with Gasteiger partial charge in [-0.15, -0.1) is 0 Å². The molecule has 9 heteroatoms. The normalized spacial score (nSPS) is 14.7. The summed E-state index contributed by atoms with van der Waals surface area (Å²) >= 11 is 0. The van der Waals surface area contributed by atoms with Gasteiger partial charge in [0.1, 0.15) is 23.2 Å². The van der Waals surface area contributed by atoms with E-state index < -0.39 is 10.9 Å². The van der Waals surface area contributed by atoms with Gasteiger partial charge in [-0.1, -0.05) is 6.92 Å². The lowest BCUT2D eigenvalue weighted by molar-refractivity contribution is -0.384. The molecule has 28 heavy (non-hydrogen) atoms. The Morgan fingerprint density at radius 3 is 2.43 bits per heavy atom. The smallest absolute Gasteiger partial charge is 0.339 e. The molecule has 0 unspecified atom stereocenters. The molecule has 0 spiro atoms. The summed E-state index contributed by atoms with van der Waals surface area (Å²) in [6.45, 7) is 2.66. The second-order valence-corrected chi connectivity index (χ2v) is 6.47. The number of non-ortho nitro benzene ring substituents is 1. The number of nitro benzene ring substituents is 1. The first-order valence-corrected chi connectivity index (χ1v) is 8.95. The number of aromatic carboxylic acids is 1. The fourth-order valence-electron chi connectivity index (χ4n) is 3.15. The number of nitrogens with zero attached hydrogens (tertiary/aromatic N) is 2. The summed E-state index contributed by atoms with van der Waals surface area (Å²) < 4.78 is 11.3. The van der Waals surface area contributed by atoms with Gasteiger partial charge in [-0.3, -0.25) is 14.9 Å². The number of benzene rings is 1. The third-order valence-electron chi connectivity index (χ3n) is 4.65. The van der Waals surface area contributed by atoms with Gasteiger partial charge in [-0.2, -0.15) is 0 Å². The molecule has 1 aromatic carbocycles. The number of furan rings is 1. The Morgan fingerprint density at radius 2 is 1.93 bits per heavy atom. The molecule has 2 aromatic rings. The predicted octanol–water partition coefficient (Wildman–Crippen LogP) is 3.13. The van der Waals surface area contributed by atoms with E-state index in [0.29, 0.717) is 38.1 Å². The number of carboxylic acid groups (broad SMARTS) is 1. The lowest BCUT2D eigenvalue weighted by Crippen LogP contribution is -2.41. The van der Waals surface area contributed by atoms with Gasteiger partial charge >= 0.3 is 5.97 Å². The molecule has 0 atom stereocenters. The van der Waals surface area contributed by atoms with Crippen LogP contribution in [0.1, 0.15) is 46.4 Å². The number of hydrogen-bond donors (Lipinski definition) is 1. The Hall–Kier alpha value is -3.36. The zero-order chi connectivity index (χ0) is 20.3. The molecule has 0 aliphatic carbocycles. The SMILES string of the molecule is CCc1oc(C(=O)N2CCC(Oc3ccc([N+](=O)[O-])cc3)CC2)cc1C(=O)O. The molecule has 9 nitrogen and oxygen atoms in total. The third kappa shape index (κ3) is 4.13. The quantitative estimate of drug-likeness (QED) is 0.595. The minimum Gasteiger partial charge on any atom is -0.490 e. The lowest BCUT2D eigenvalue weighted by Gasteiger charge is -2.31. The van der Waals surface area contributed by atoms with Crippen molar-refractivity contribution in [2.24, 2.45) is 0 Å². The minimum atomic E-state index is -1.12. The number of carbonyl (C=O) groups is 2. The maximum Gasteiger partial charge on any atom is 0.339 e. The topological polar surface area (TPSA) is 123 Å². The number of nitro groups is 1. The molecule has 1 aromatic heterocycles. The highest BCUT2D eigenvalue weighted by Gasteiger charge is 2.28. The Kier molecular flexibility index (Phi) is 5.62. The first-order valence-electron chi connectivity index (χ1n) is 8.95. The Bertz CT molecular complexity index is 880. The maximum atomic E-state index is 12.6. The fraction of sp³-hybridized carbons (Fsp3) is 0.368. The number of amides is 1. The summed E-state index contributed by atoms with van der Waals surface area (Å²) in [6, 6.07) is 7.16. The maximum absolute atomic E-state index is 12.6. The molecule has 2 heterocycles. The molecule has 1 aliphatic heterocycles. The molecule has 0 radical (unpaired) electrons. The highest BCUT2D eigenvalue weighted by molar-refractivity contribution is 5.96. The summed E-state index contributed by atoms with van der Waals surface area (Å²) in [5.41, 5.74) is 0.0145.